The van der Waals surface area contributed by atoms with Crippen molar-refractivity contribution in [1.29, 1.82) is 0 Å². The lowest BCUT2D eigenvalue weighted by Gasteiger charge is -2.35. The Morgan fingerprint density at radius 2 is 2.29 bits per heavy atom. The number of amides is 2. The van der Waals surface area contributed by atoms with Gasteiger partial charge in [0.2, 0.25) is 5.91 Å². The predicted octanol–water partition coefficient (Wildman–Crippen LogP) is 1.40. The van der Waals surface area contributed by atoms with E-state index in [-0.39, 0.29) is 17.9 Å². The third-order valence-electron chi connectivity index (χ3n) is 4.31. The van der Waals surface area contributed by atoms with Gasteiger partial charge in [-0.3, -0.25) is 9.59 Å². The number of fused-ring (bicyclic) bond motifs is 1. The average Bonchev–Trinajstić information content (AvgIpc) is 2.86. The molecule has 1 aromatic carbocycles. The van der Waals surface area contributed by atoms with Gasteiger partial charge in [-0.25, -0.2) is 0 Å². The number of hydrogen-bond donors (Lipinski definition) is 2. The summed E-state index contributed by atoms with van der Waals surface area (Å²) >= 11 is 0. The van der Waals surface area contributed by atoms with Crippen molar-refractivity contribution < 1.29 is 9.59 Å². The highest BCUT2D eigenvalue weighted by Gasteiger charge is 2.28. The van der Waals surface area contributed by atoms with Crippen LogP contribution in [0.25, 0.3) is 0 Å². The van der Waals surface area contributed by atoms with Crippen LogP contribution in [-0.4, -0.2) is 42.9 Å². The van der Waals surface area contributed by atoms with Crippen LogP contribution in [0.2, 0.25) is 0 Å². The van der Waals surface area contributed by atoms with E-state index in [0.717, 1.165) is 37.2 Å². The zero-order valence-electron chi connectivity index (χ0n) is 12.3. The van der Waals surface area contributed by atoms with Crippen molar-refractivity contribution in [2.24, 2.45) is 0 Å². The first-order chi connectivity index (χ1) is 10.2. The maximum absolute atomic E-state index is 12.8. The molecule has 5 nitrogen and oxygen atoms in total. The highest BCUT2D eigenvalue weighted by Crippen LogP contribution is 2.26. The summed E-state index contributed by atoms with van der Waals surface area (Å²) in [5.41, 5.74) is 2.42. The van der Waals surface area contributed by atoms with Gasteiger partial charge in [0.1, 0.15) is 0 Å². The Bertz CT molecular complexity index is 569. The number of benzene rings is 1. The smallest absolute Gasteiger partial charge is 0.254 e. The molecular weight excluding hydrogens is 266 g/mol. The van der Waals surface area contributed by atoms with Gasteiger partial charge in [-0.1, -0.05) is 6.07 Å². The Hall–Kier alpha value is -1.88. The molecule has 112 valence electrons. The minimum absolute atomic E-state index is 0.000584. The van der Waals surface area contributed by atoms with E-state index in [1.165, 1.54) is 6.42 Å². The van der Waals surface area contributed by atoms with Crippen molar-refractivity contribution in [3.8, 4) is 0 Å². The molecule has 3 rings (SSSR count). The highest BCUT2D eigenvalue weighted by molar-refractivity contribution is 6.02. The van der Waals surface area contributed by atoms with Crippen molar-refractivity contribution >= 4 is 17.5 Å². The van der Waals surface area contributed by atoms with Crippen LogP contribution in [0.4, 0.5) is 5.69 Å². The van der Waals surface area contributed by atoms with E-state index in [4.69, 9.17) is 0 Å². The van der Waals surface area contributed by atoms with Gasteiger partial charge in [0.15, 0.2) is 0 Å². The van der Waals surface area contributed by atoms with Crippen LogP contribution in [0.5, 0.6) is 0 Å². The maximum atomic E-state index is 12.8. The first kappa shape index (κ1) is 14.1. The van der Waals surface area contributed by atoms with Crippen LogP contribution < -0.4 is 10.6 Å². The number of hydrogen-bond acceptors (Lipinski definition) is 3. The molecule has 0 radical (unpaired) electrons. The van der Waals surface area contributed by atoms with E-state index in [1.807, 2.05) is 30.1 Å². The minimum Gasteiger partial charge on any atom is -0.334 e. The molecule has 0 saturated carbocycles. The third-order valence-corrected chi connectivity index (χ3v) is 4.31. The fourth-order valence-electron chi connectivity index (χ4n) is 3.23. The lowest BCUT2D eigenvalue weighted by atomic mass is 10.00. The summed E-state index contributed by atoms with van der Waals surface area (Å²) in [7, 11) is 1.92. The summed E-state index contributed by atoms with van der Waals surface area (Å²) in [5.74, 6) is 0.0690. The topological polar surface area (TPSA) is 61.4 Å². The summed E-state index contributed by atoms with van der Waals surface area (Å²) in [6, 6.07) is 5.80. The van der Waals surface area contributed by atoms with Crippen LogP contribution in [0.15, 0.2) is 18.2 Å². The second-order valence-corrected chi connectivity index (χ2v) is 5.80. The van der Waals surface area contributed by atoms with E-state index >= 15 is 0 Å². The average molecular weight is 287 g/mol. The third kappa shape index (κ3) is 2.78. The Balaban J connectivity index is 1.81. The zero-order valence-corrected chi connectivity index (χ0v) is 12.3. The maximum Gasteiger partial charge on any atom is 0.254 e. The SMILES string of the molecule is CNCC1CCCCN1C(=O)c1ccc2c(c1)NC(=O)C2. The number of likely N-dealkylation sites (tertiary alicyclic amines) is 1. The van der Waals surface area contributed by atoms with Crippen molar-refractivity contribution in [1.82, 2.24) is 10.2 Å². The molecule has 1 atom stereocenters. The number of nitrogens with one attached hydrogen (secondary N) is 2. The molecule has 1 fully saturated rings. The van der Waals surface area contributed by atoms with Crippen LogP contribution >= 0.6 is 0 Å². The largest absolute Gasteiger partial charge is 0.334 e. The first-order valence-corrected chi connectivity index (χ1v) is 7.57. The van der Waals surface area contributed by atoms with E-state index in [0.29, 0.717) is 12.0 Å². The van der Waals surface area contributed by atoms with Crippen molar-refractivity contribution in [3.05, 3.63) is 29.3 Å². The molecule has 2 N–H and O–H groups in total. The van der Waals surface area contributed by atoms with E-state index < -0.39 is 0 Å². The van der Waals surface area contributed by atoms with Crippen LogP contribution in [0, 0.1) is 0 Å². The molecule has 1 aromatic rings. The minimum atomic E-state index is 0.000584. The van der Waals surface area contributed by atoms with Gasteiger partial charge < -0.3 is 15.5 Å². The van der Waals surface area contributed by atoms with Gasteiger partial charge in [0.05, 0.1) is 6.42 Å². The normalized spacial score (nSPS) is 21.1. The molecule has 0 aromatic heterocycles. The Labute approximate surface area is 124 Å². The van der Waals surface area contributed by atoms with E-state index in [1.54, 1.807) is 0 Å². The molecular formula is C16H21N3O2. The molecule has 0 bridgehead atoms. The molecule has 5 heteroatoms. The quantitative estimate of drug-likeness (QED) is 0.883. The van der Waals surface area contributed by atoms with Crippen molar-refractivity contribution in [3.63, 3.8) is 0 Å². The van der Waals surface area contributed by atoms with Crippen LogP contribution in [-0.2, 0) is 11.2 Å². The molecule has 0 aliphatic carbocycles. The number of piperidine rings is 1. The van der Waals surface area contributed by atoms with Crippen LogP contribution in [0.3, 0.4) is 0 Å². The zero-order chi connectivity index (χ0) is 14.8. The molecule has 1 unspecified atom stereocenters. The number of anilines is 1. The Kier molecular flexibility index (Phi) is 3.92. The predicted molar refractivity (Wildman–Crippen MR) is 81.4 cm³/mol. The van der Waals surface area contributed by atoms with Gasteiger partial charge in [-0.2, -0.15) is 0 Å². The Morgan fingerprint density at radius 3 is 3.10 bits per heavy atom. The molecule has 2 aliphatic heterocycles. The summed E-state index contributed by atoms with van der Waals surface area (Å²) < 4.78 is 0. The fourth-order valence-corrected chi connectivity index (χ4v) is 3.23. The first-order valence-electron chi connectivity index (χ1n) is 7.57. The molecule has 2 heterocycles. The molecule has 2 aliphatic rings. The summed E-state index contributed by atoms with van der Waals surface area (Å²) in [6.45, 7) is 1.64. The standard InChI is InChI=1S/C16H21N3O2/c1-17-10-13-4-2-3-7-19(13)16(21)12-6-5-11-9-15(20)18-14(11)8-12/h5-6,8,13,17H,2-4,7,9-10H2,1H3,(H,18,20). The number of carbonyl (C=O) groups is 2. The second-order valence-electron chi connectivity index (χ2n) is 5.80. The summed E-state index contributed by atoms with van der Waals surface area (Å²) in [6.07, 6.45) is 3.70. The highest BCUT2D eigenvalue weighted by atomic mass is 16.2. The molecule has 0 spiro atoms. The van der Waals surface area contributed by atoms with Crippen LogP contribution in [0.1, 0.15) is 35.2 Å². The van der Waals surface area contributed by atoms with E-state index in [9.17, 15) is 9.59 Å². The molecule has 21 heavy (non-hydrogen) atoms. The van der Waals surface area contributed by atoms with Gasteiger partial charge in [0.25, 0.3) is 5.91 Å². The van der Waals surface area contributed by atoms with Gasteiger partial charge >= 0.3 is 0 Å². The number of rotatable bonds is 3. The van der Waals surface area contributed by atoms with Gasteiger partial charge in [-0.05, 0) is 44.0 Å². The molecule has 1 saturated heterocycles. The van der Waals surface area contributed by atoms with E-state index in [2.05, 4.69) is 10.6 Å². The second kappa shape index (κ2) is 5.85. The number of likely N-dealkylation sites (N-methyl/N-ethyl adjacent to an activating group) is 1. The lowest BCUT2D eigenvalue weighted by Crippen LogP contribution is -2.48. The Morgan fingerprint density at radius 1 is 1.43 bits per heavy atom. The summed E-state index contributed by atoms with van der Waals surface area (Å²) in [4.78, 5) is 26.1. The summed E-state index contributed by atoms with van der Waals surface area (Å²) in [5, 5.41) is 5.98. The van der Waals surface area contributed by atoms with Crippen molar-refractivity contribution in [2.75, 3.05) is 25.5 Å². The molecule has 2 amide bonds. The van der Waals surface area contributed by atoms with Gasteiger partial charge in [-0.15, -0.1) is 0 Å². The number of nitrogens with zero attached hydrogens (tertiary/aromatic N) is 1. The lowest BCUT2D eigenvalue weighted by molar-refractivity contribution is -0.115. The fraction of sp³-hybridized carbons (Fsp3) is 0.500. The number of carbonyl (C=O) groups excluding carboxylic acids is 2. The monoisotopic (exact) mass is 287 g/mol. The van der Waals surface area contributed by atoms with Gasteiger partial charge in [0, 0.05) is 30.4 Å². The van der Waals surface area contributed by atoms with Crippen molar-refractivity contribution in [2.45, 2.75) is 31.7 Å².